The van der Waals surface area contributed by atoms with Gasteiger partial charge in [-0.15, -0.1) is 0 Å². The number of hydrogen-bond donors (Lipinski definition) is 2. The summed E-state index contributed by atoms with van der Waals surface area (Å²) in [5.74, 6) is 1.77. The summed E-state index contributed by atoms with van der Waals surface area (Å²) in [5, 5.41) is 13.8. The average molecular weight is 741 g/mol. The molecule has 0 bridgehead atoms. The minimum absolute atomic E-state index is 0.0751. The molecule has 0 unspecified atom stereocenters. The highest BCUT2D eigenvalue weighted by atomic mass is 16.6. The second kappa shape index (κ2) is 22.9. The van der Waals surface area contributed by atoms with Crippen LogP contribution in [0.15, 0.2) is 114 Å². The number of carbonyl (C=O) groups is 1. The topological polar surface area (TPSA) is 113 Å². The highest BCUT2D eigenvalue weighted by Crippen LogP contribution is 2.39. The number of nitrogens with zero attached hydrogens (tertiary/aromatic N) is 3. The van der Waals surface area contributed by atoms with Crippen molar-refractivity contribution >= 4 is 23.5 Å². The number of rotatable bonds is 15. The van der Waals surface area contributed by atoms with Gasteiger partial charge in [0.05, 0.1) is 25.5 Å². The zero-order valence-corrected chi connectivity index (χ0v) is 33.7. The van der Waals surface area contributed by atoms with Crippen molar-refractivity contribution in [3.63, 3.8) is 0 Å². The number of isocyanates is 1. The fraction of sp³-hybridized carbons (Fsp3) is 0.409. The van der Waals surface area contributed by atoms with Gasteiger partial charge in [0, 0.05) is 30.6 Å². The molecule has 0 radical (unpaired) electrons. The lowest BCUT2D eigenvalue weighted by Gasteiger charge is -2.39. The van der Waals surface area contributed by atoms with Crippen LogP contribution < -0.4 is 14.8 Å². The number of amides is 1. The summed E-state index contributed by atoms with van der Waals surface area (Å²) in [6.07, 6.45) is 2.34. The quantitative estimate of drug-likeness (QED) is 0.0919. The van der Waals surface area contributed by atoms with Crippen molar-refractivity contribution in [2.45, 2.75) is 51.7 Å². The number of aliphatic imine (C=N–C) groups is 1. The summed E-state index contributed by atoms with van der Waals surface area (Å²) in [5.41, 5.74) is 1.64. The molecule has 10 nitrogen and oxygen atoms in total. The highest BCUT2D eigenvalue weighted by Gasteiger charge is 2.41. The zero-order valence-electron chi connectivity index (χ0n) is 33.7. The van der Waals surface area contributed by atoms with E-state index in [4.69, 9.17) is 14.2 Å². The second-order valence-corrected chi connectivity index (χ2v) is 13.7. The Kier molecular flexibility index (Phi) is 19.2. The standard InChI is InChI=1S/C22H30N2O3.C15H25NO2.C7H5NO/c1-6-22(17(2)16-24(3)4,18-11-10-14-20(15-18)26-5)27-21(25)23-19-12-8-7-9-13-19;1-6-15(17,12(2)11-16(3)4)13-8-7-9-14(10-13)18-5;9-6-8-7-4-2-1-3-5-7/h7-15,17H,6,16H2,1-5H3,(H,23,25);7-10,12,17H,6,11H2,1-5H3;1-5H/t17-,22+;12-,15+;/m00./s1. The SMILES string of the molecule is CC[C@](O)(c1cccc(OC)c1)[C@@H](C)CN(C)C.CC[C@](OC(=O)Nc1ccccc1)(c1cccc(OC)c1)[C@@H](C)CN(C)C.O=C=Nc1ccccc1. The van der Waals surface area contributed by atoms with Crippen LogP contribution in [-0.2, 0) is 20.7 Å². The van der Waals surface area contributed by atoms with E-state index in [9.17, 15) is 14.7 Å². The number of benzene rings is 4. The summed E-state index contributed by atoms with van der Waals surface area (Å²) in [4.78, 5) is 30.0. The molecule has 0 aromatic heterocycles. The van der Waals surface area contributed by atoms with E-state index in [1.807, 2.05) is 139 Å². The fourth-order valence-electron chi connectivity index (χ4n) is 6.46. The molecule has 0 aliphatic rings. The van der Waals surface area contributed by atoms with Crippen LogP contribution >= 0.6 is 0 Å². The van der Waals surface area contributed by atoms with Gasteiger partial charge in [-0.25, -0.2) is 9.59 Å². The van der Waals surface area contributed by atoms with Crippen LogP contribution in [0.2, 0.25) is 0 Å². The molecule has 54 heavy (non-hydrogen) atoms. The van der Waals surface area contributed by atoms with Gasteiger partial charge >= 0.3 is 6.09 Å². The maximum absolute atomic E-state index is 12.7. The molecule has 292 valence electrons. The summed E-state index contributed by atoms with van der Waals surface area (Å²) in [7, 11) is 11.4. The van der Waals surface area contributed by atoms with Crippen LogP contribution in [0, 0.1) is 11.8 Å². The zero-order chi connectivity index (χ0) is 40.1. The van der Waals surface area contributed by atoms with Gasteiger partial charge < -0.3 is 29.1 Å². The van der Waals surface area contributed by atoms with E-state index in [1.54, 1.807) is 26.4 Å². The van der Waals surface area contributed by atoms with Crippen LogP contribution in [0.3, 0.4) is 0 Å². The molecule has 0 fully saturated rings. The third kappa shape index (κ3) is 13.8. The average Bonchev–Trinajstić information content (AvgIpc) is 3.17. The number of anilines is 1. The second-order valence-electron chi connectivity index (χ2n) is 13.7. The third-order valence-corrected chi connectivity index (χ3v) is 9.31. The van der Waals surface area contributed by atoms with E-state index < -0.39 is 17.3 Å². The molecule has 0 heterocycles. The Morgan fingerprint density at radius 3 is 1.72 bits per heavy atom. The Labute approximate surface area is 322 Å². The molecule has 0 saturated carbocycles. The van der Waals surface area contributed by atoms with E-state index in [-0.39, 0.29) is 11.8 Å². The van der Waals surface area contributed by atoms with Gasteiger partial charge in [0.25, 0.3) is 0 Å². The number of methoxy groups -OCH3 is 2. The highest BCUT2D eigenvalue weighted by molar-refractivity contribution is 5.85. The Morgan fingerprint density at radius 1 is 0.741 bits per heavy atom. The maximum atomic E-state index is 12.7. The Morgan fingerprint density at radius 2 is 1.24 bits per heavy atom. The van der Waals surface area contributed by atoms with Gasteiger partial charge in [0.1, 0.15) is 17.1 Å². The van der Waals surface area contributed by atoms with Crippen LogP contribution in [-0.4, -0.2) is 82.6 Å². The number of carbonyl (C=O) groups excluding carboxylic acids is 2. The van der Waals surface area contributed by atoms with Gasteiger partial charge in [-0.05, 0) is 101 Å². The first-order valence-electron chi connectivity index (χ1n) is 18.3. The minimum Gasteiger partial charge on any atom is -0.497 e. The van der Waals surface area contributed by atoms with E-state index in [0.717, 1.165) is 35.7 Å². The molecular formula is C44H60N4O6. The van der Waals surface area contributed by atoms with Crippen molar-refractivity contribution in [2.75, 3.05) is 60.8 Å². The molecule has 4 aromatic carbocycles. The lowest BCUT2D eigenvalue weighted by atomic mass is 9.79. The van der Waals surface area contributed by atoms with Gasteiger partial charge in [-0.2, -0.15) is 4.99 Å². The van der Waals surface area contributed by atoms with Crippen LogP contribution in [0.4, 0.5) is 16.2 Å². The Hall–Kier alpha value is -4.99. The first kappa shape index (κ1) is 45.2. The van der Waals surface area contributed by atoms with Gasteiger partial charge in [-0.3, -0.25) is 5.32 Å². The van der Waals surface area contributed by atoms with Gasteiger partial charge in [-0.1, -0.05) is 88.4 Å². The van der Waals surface area contributed by atoms with Crippen LogP contribution in [0.1, 0.15) is 51.7 Å². The van der Waals surface area contributed by atoms with E-state index in [1.165, 1.54) is 6.08 Å². The molecule has 4 atom stereocenters. The smallest absolute Gasteiger partial charge is 0.412 e. The summed E-state index contributed by atoms with van der Waals surface area (Å²) in [6, 6.07) is 33.8. The van der Waals surface area contributed by atoms with Gasteiger partial charge in [0.15, 0.2) is 0 Å². The van der Waals surface area contributed by atoms with Crippen molar-refractivity contribution in [3.05, 3.63) is 120 Å². The van der Waals surface area contributed by atoms with Crippen molar-refractivity contribution < 1.29 is 28.9 Å². The van der Waals surface area contributed by atoms with E-state index in [0.29, 0.717) is 24.2 Å². The molecule has 0 spiro atoms. The molecule has 0 aliphatic carbocycles. The molecule has 4 aromatic rings. The number of ether oxygens (including phenoxy) is 3. The third-order valence-electron chi connectivity index (χ3n) is 9.31. The lowest BCUT2D eigenvalue weighted by molar-refractivity contribution is -0.0383. The van der Waals surface area contributed by atoms with Crippen molar-refractivity contribution in [2.24, 2.45) is 16.8 Å². The molecule has 10 heteroatoms. The molecule has 2 N–H and O–H groups in total. The first-order chi connectivity index (χ1) is 25.8. The molecule has 0 saturated heterocycles. The van der Waals surface area contributed by atoms with E-state index in [2.05, 4.69) is 34.0 Å². The molecule has 4 rings (SSSR count). The summed E-state index contributed by atoms with van der Waals surface area (Å²) in [6.45, 7) is 9.89. The Balaban J connectivity index is 0.000000318. The summed E-state index contributed by atoms with van der Waals surface area (Å²) >= 11 is 0. The monoisotopic (exact) mass is 740 g/mol. The predicted octanol–water partition coefficient (Wildman–Crippen LogP) is 8.89. The van der Waals surface area contributed by atoms with Gasteiger partial charge in [0.2, 0.25) is 6.08 Å². The predicted molar refractivity (Wildman–Crippen MR) is 218 cm³/mol. The largest absolute Gasteiger partial charge is 0.497 e. The number of hydrogen-bond acceptors (Lipinski definition) is 9. The summed E-state index contributed by atoms with van der Waals surface area (Å²) < 4.78 is 16.7. The van der Waals surface area contributed by atoms with Crippen molar-refractivity contribution in [1.29, 1.82) is 0 Å². The van der Waals surface area contributed by atoms with Crippen molar-refractivity contribution in [3.8, 4) is 11.5 Å². The lowest BCUT2D eigenvalue weighted by Crippen LogP contribution is -2.43. The normalized spacial score (nSPS) is 13.9. The Bertz CT molecular complexity index is 1710. The molecule has 0 aliphatic heterocycles. The first-order valence-corrected chi connectivity index (χ1v) is 18.3. The van der Waals surface area contributed by atoms with Crippen LogP contribution in [0.25, 0.3) is 0 Å². The number of aliphatic hydroxyl groups is 1. The maximum Gasteiger partial charge on any atom is 0.412 e. The number of para-hydroxylation sites is 2. The molecular weight excluding hydrogens is 681 g/mol. The van der Waals surface area contributed by atoms with Crippen LogP contribution in [0.5, 0.6) is 11.5 Å². The molecule has 1 amide bonds. The van der Waals surface area contributed by atoms with E-state index >= 15 is 0 Å². The minimum atomic E-state index is -0.807. The fourth-order valence-corrected chi connectivity index (χ4v) is 6.46. The van der Waals surface area contributed by atoms with Crippen molar-refractivity contribution in [1.82, 2.24) is 9.80 Å². The number of nitrogens with one attached hydrogen (secondary N) is 1.